The molecule has 0 aromatic heterocycles. The van der Waals surface area contributed by atoms with Crippen LogP contribution in [0, 0.1) is 0 Å². The lowest BCUT2D eigenvalue weighted by atomic mass is 10.2. The van der Waals surface area contributed by atoms with Crippen LogP contribution in [0.4, 0.5) is 4.79 Å². The number of aliphatic carboxylic acids is 1. The van der Waals surface area contributed by atoms with Crippen molar-refractivity contribution in [1.82, 2.24) is 4.90 Å². The van der Waals surface area contributed by atoms with Crippen molar-refractivity contribution in [2.75, 3.05) is 13.7 Å². The molecule has 0 heterocycles. The van der Waals surface area contributed by atoms with Crippen molar-refractivity contribution in [2.24, 2.45) is 0 Å². The van der Waals surface area contributed by atoms with Gasteiger partial charge in [-0.3, -0.25) is 4.90 Å². The van der Waals surface area contributed by atoms with E-state index in [-0.39, 0.29) is 13.2 Å². The first-order chi connectivity index (χ1) is 10.2. The molecule has 122 valence electrons. The van der Waals surface area contributed by atoms with Gasteiger partial charge in [0.25, 0.3) is 0 Å². The van der Waals surface area contributed by atoms with Crippen molar-refractivity contribution >= 4 is 12.1 Å². The van der Waals surface area contributed by atoms with Crippen LogP contribution in [0.5, 0.6) is 0 Å². The van der Waals surface area contributed by atoms with Gasteiger partial charge in [0, 0.05) is 7.05 Å². The van der Waals surface area contributed by atoms with E-state index in [4.69, 9.17) is 9.47 Å². The number of benzene rings is 1. The molecule has 0 aliphatic carbocycles. The molecule has 6 nitrogen and oxygen atoms in total. The van der Waals surface area contributed by atoms with E-state index in [1.807, 2.05) is 30.3 Å². The number of hydrogen-bond acceptors (Lipinski definition) is 4. The Morgan fingerprint density at radius 3 is 2.32 bits per heavy atom. The van der Waals surface area contributed by atoms with E-state index in [2.05, 4.69) is 0 Å². The van der Waals surface area contributed by atoms with Gasteiger partial charge in [0.05, 0.1) is 13.2 Å². The zero-order valence-electron chi connectivity index (χ0n) is 13.4. The summed E-state index contributed by atoms with van der Waals surface area (Å²) in [6, 6.07) is 8.31. The van der Waals surface area contributed by atoms with Crippen LogP contribution in [-0.4, -0.2) is 47.4 Å². The lowest BCUT2D eigenvalue weighted by Gasteiger charge is -2.28. The molecule has 22 heavy (non-hydrogen) atoms. The monoisotopic (exact) mass is 309 g/mol. The fourth-order valence-electron chi connectivity index (χ4n) is 1.67. The molecule has 0 fully saturated rings. The highest BCUT2D eigenvalue weighted by molar-refractivity contribution is 5.80. The predicted molar refractivity (Wildman–Crippen MR) is 81.5 cm³/mol. The number of carboxylic acid groups (broad SMARTS) is 1. The summed E-state index contributed by atoms with van der Waals surface area (Å²) >= 11 is 0. The van der Waals surface area contributed by atoms with Crippen LogP contribution in [0.3, 0.4) is 0 Å². The number of carboxylic acids is 1. The summed E-state index contributed by atoms with van der Waals surface area (Å²) in [5, 5.41) is 9.26. The van der Waals surface area contributed by atoms with E-state index in [9.17, 15) is 14.7 Å². The summed E-state index contributed by atoms with van der Waals surface area (Å²) in [6.07, 6.45) is -0.691. The van der Waals surface area contributed by atoms with Gasteiger partial charge < -0.3 is 14.6 Å². The van der Waals surface area contributed by atoms with Crippen LogP contribution >= 0.6 is 0 Å². The highest BCUT2D eigenvalue weighted by Gasteiger charge is 2.30. The van der Waals surface area contributed by atoms with Crippen molar-refractivity contribution in [3.63, 3.8) is 0 Å². The van der Waals surface area contributed by atoms with Crippen molar-refractivity contribution < 1.29 is 24.2 Å². The third-order valence-corrected chi connectivity index (χ3v) is 2.82. The number of carbonyl (C=O) groups excluding carboxylic acids is 1. The Morgan fingerprint density at radius 1 is 1.23 bits per heavy atom. The number of ether oxygens (including phenoxy) is 2. The zero-order chi connectivity index (χ0) is 16.8. The molecule has 1 atom stereocenters. The molecule has 1 rings (SSSR count). The van der Waals surface area contributed by atoms with E-state index in [1.54, 1.807) is 20.8 Å². The maximum Gasteiger partial charge on any atom is 0.410 e. The molecular weight excluding hydrogens is 286 g/mol. The van der Waals surface area contributed by atoms with Crippen LogP contribution in [0.2, 0.25) is 0 Å². The SMILES string of the molecule is CN(C(=O)OC(C)(C)C)[C@H](COCc1ccccc1)C(=O)O. The topological polar surface area (TPSA) is 76.1 Å². The average molecular weight is 309 g/mol. The molecule has 0 aliphatic heterocycles. The van der Waals surface area contributed by atoms with Gasteiger partial charge >= 0.3 is 12.1 Å². The third kappa shape index (κ3) is 6.13. The predicted octanol–water partition coefficient (Wildman–Crippen LogP) is 2.52. The maximum atomic E-state index is 11.9. The first-order valence-electron chi connectivity index (χ1n) is 7.01. The minimum Gasteiger partial charge on any atom is -0.480 e. The van der Waals surface area contributed by atoms with Crippen LogP contribution in [-0.2, 0) is 20.9 Å². The van der Waals surface area contributed by atoms with Gasteiger partial charge in [0.2, 0.25) is 0 Å². The lowest BCUT2D eigenvalue weighted by molar-refractivity contribution is -0.145. The van der Waals surface area contributed by atoms with Gasteiger partial charge in [0.1, 0.15) is 5.60 Å². The molecule has 0 saturated carbocycles. The molecule has 1 aromatic rings. The molecule has 0 aliphatic rings. The number of carbonyl (C=O) groups is 2. The first-order valence-corrected chi connectivity index (χ1v) is 7.01. The van der Waals surface area contributed by atoms with Crippen molar-refractivity contribution in [3.8, 4) is 0 Å². The normalized spacial score (nSPS) is 12.5. The van der Waals surface area contributed by atoms with E-state index in [0.717, 1.165) is 10.5 Å². The molecule has 1 amide bonds. The van der Waals surface area contributed by atoms with Gasteiger partial charge in [-0.05, 0) is 26.3 Å². The van der Waals surface area contributed by atoms with Gasteiger partial charge in [0.15, 0.2) is 6.04 Å². The minimum absolute atomic E-state index is 0.111. The average Bonchev–Trinajstić information content (AvgIpc) is 2.42. The quantitative estimate of drug-likeness (QED) is 0.874. The Balaban J connectivity index is 2.57. The van der Waals surface area contributed by atoms with E-state index in [1.165, 1.54) is 7.05 Å². The summed E-state index contributed by atoms with van der Waals surface area (Å²) in [6.45, 7) is 5.34. The fraction of sp³-hybridized carbons (Fsp3) is 0.500. The molecule has 0 spiro atoms. The van der Waals surface area contributed by atoms with Gasteiger partial charge in [-0.25, -0.2) is 9.59 Å². The standard InChI is InChI=1S/C16H23NO5/c1-16(2,3)22-15(20)17(4)13(14(18)19)11-21-10-12-8-6-5-7-9-12/h5-9,13H,10-11H2,1-4H3,(H,18,19)/t13-/m1/s1. The smallest absolute Gasteiger partial charge is 0.410 e. The number of nitrogens with zero attached hydrogens (tertiary/aromatic N) is 1. The van der Waals surface area contributed by atoms with E-state index in [0.29, 0.717) is 0 Å². The first kappa shape index (κ1) is 18.0. The van der Waals surface area contributed by atoms with Gasteiger partial charge in [-0.2, -0.15) is 0 Å². The molecular formula is C16H23NO5. The number of amides is 1. The highest BCUT2D eigenvalue weighted by atomic mass is 16.6. The van der Waals surface area contributed by atoms with Crippen LogP contribution in [0.1, 0.15) is 26.3 Å². The van der Waals surface area contributed by atoms with E-state index >= 15 is 0 Å². The summed E-state index contributed by atoms with van der Waals surface area (Å²) in [5.74, 6) is -1.14. The van der Waals surface area contributed by atoms with Gasteiger partial charge in [-0.15, -0.1) is 0 Å². The second-order valence-electron chi connectivity index (χ2n) is 5.95. The van der Waals surface area contributed by atoms with Crippen molar-refractivity contribution in [3.05, 3.63) is 35.9 Å². The summed E-state index contributed by atoms with van der Waals surface area (Å²) in [5.41, 5.74) is 0.255. The molecule has 0 unspecified atom stereocenters. The molecule has 0 saturated heterocycles. The summed E-state index contributed by atoms with van der Waals surface area (Å²) in [4.78, 5) is 24.3. The molecule has 0 radical (unpaired) electrons. The van der Waals surface area contributed by atoms with Crippen LogP contribution in [0.15, 0.2) is 30.3 Å². The Hall–Kier alpha value is -2.08. The lowest BCUT2D eigenvalue weighted by Crippen LogP contribution is -2.47. The Morgan fingerprint density at radius 2 is 1.82 bits per heavy atom. The third-order valence-electron chi connectivity index (χ3n) is 2.82. The molecule has 1 aromatic carbocycles. The zero-order valence-corrected chi connectivity index (χ0v) is 13.4. The second-order valence-corrected chi connectivity index (χ2v) is 5.95. The second kappa shape index (κ2) is 7.79. The van der Waals surface area contributed by atoms with Crippen LogP contribution in [0.25, 0.3) is 0 Å². The Bertz CT molecular complexity index is 495. The minimum atomic E-state index is -1.14. The van der Waals surface area contributed by atoms with E-state index < -0.39 is 23.7 Å². The molecule has 0 bridgehead atoms. The number of rotatable bonds is 6. The summed E-state index contributed by atoms with van der Waals surface area (Å²) < 4.78 is 10.6. The maximum absolute atomic E-state index is 11.9. The van der Waals surface area contributed by atoms with Crippen molar-refractivity contribution in [1.29, 1.82) is 0 Å². The fourth-order valence-corrected chi connectivity index (χ4v) is 1.67. The number of hydrogen-bond donors (Lipinski definition) is 1. The molecule has 1 N–H and O–H groups in total. The Labute approximate surface area is 130 Å². The largest absolute Gasteiger partial charge is 0.480 e. The highest BCUT2D eigenvalue weighted by Crippen LogP contribution is 2.11. The number of likely N-dealkylation sites (N-methyl/N-ethyl adjacent to an activating group) is 1. The summed E-state index contributed by atoms with van der Waals surface area (Å²) in [7, 11) is 1.39. The van der Waals surface area contributed by atoms with Crippen molar-refractivity contribution in [2.45, 2.75) is 39.0 Å². The van der Waals surface area contributed by atoms with Crippen LogP contribution < -0.4 is 0 Å². The Kier molecular flexibility index (Phi) is 6.37. The molecule has 6 heteroatoms. The van der Waals surface area contributed by atoms with Gasteiger partial charge in [-0.1, -0.05) is 30.3 Å².